The number of aromatic hydroxyl groups is 1. The Morgan fingerprint density at radius 2 is 1.93 bits per heavy atom. The molecule has 8 nitrogen and oxygen atoms in total. The Labute approximate surface area is 170 Å². The van der Waals surface area contributed by atoms with Crippen molar-refractivity contribution in [1.82, 2.24) is 24.3 Å². The maximum Gasteiger partial charge on any atom is 0.257 e. The number of methoxy groups -OCH3 is 2. The summed E-state index contributed by atoms with van der Waals surface area (Å²) < 4.78 is 38.3. The van der Waals surface area contributed by atoms with Gasteiger partial charge in [-0.05, 0) is 24.6 Å². The number of ether oxygens (including phenoxy) is 2. The predicted octanol–water partition coefficient (Wildman–Crippen LogP) is 3.58. The third kappa shape index (κ3) is 3.40. The summed E-state index contributed by atoms with van der Waals surface area (Å²) in [5.41, 5.74) is 3.15. The first-order chi connectivity index (χ1) is 14.4. The number of rotatable bonds is 6. The smallest absolute Gasteiger partial charge is 0.257 e. The van der Waals surface area contributed by atoms with Crippen LogP contribution in [0.2, 0.25) is 0 Å². The second-order valence-electron chi connectivity index (χ2n) is 6.65. The van der Waals surface area contributed by atoms with Crippen molar-refractivity contribution < 1.29 is 23.4 Å². The van der Waals surface area contributed by atoms with Gasteiger partial charge in [0.2, 0.25) is 5.88 Å². The number of fused-ring (bicyclic) bond motifs is 1. The van der Waals surface area contributed by atoms with E-state index in [0.717, 1.165) is 15.8 Å². The van der Waals surface area contributed by atoms with Crippen LogP contribution in [0.4, 0.5) is 8.78 Å². The average Bonchev–Trinajstić information content (AvgIpc) is 3.31. The minimum Gasteiger partial charge on any atom is -0.494 e. The molecule has 4 aromatic rings. The first-order valence-electron chi connectivity index (χ1n) is 9.02. The molecule has 0 unspecified atom stereocenters. The van der Waals surface area contributed by atoms with E-state index < -0.39 is 13.0 Å². The fourth-order valence-corrected chi connectivity index (χ4v) is 3.32. The summed E-state index contributed by atoms with van der Waals surface area (Å²) >= 11 is 0. The molecule has 0 radical (unpaired) electrons. The van der Waals surface area contributed by atoms with Gasteiger partial charge in [0.1, 0.15) is 6.54 Å². The Morgan fingerprint density at radius 1 is 1.13 bits per heavy atom. The Balaban J connectivity index is 1.79. The van der Waals surface area contributed by atoms with Gasteiger partial charge in [-0.15, -0.1) is 0 Å². The molecule has 0 amide bonds. The molecule has 0 bridgehead atoms. The summed E-state index contributed by atoms with van der Waals surface area (Å²) in [6.07, 6.45) is 3.60. The SMILES string of the molecule is COc1cc(-c2cc(C)c3c(O)n(-c4cnn(CC(F)F)c4)cc3n2)cnc1OC. The quantitative estimate of drug-likeness (QED) is 0.518. The van der Waals surface area contributed by atoms with E-state index in [0.29, 0.717) is 33.9 Å². The van der Waals surface area contributed by atoms with E-state index in [1.165, 1.54) is 31.2 Å². The number of aromatic nitrogens is 5. The minimum atomic E-state index is -2.52. The standard InChI is InChI=1S/C20H19F2N5O3/c1-11-4-14(12-5-16(29-2)19(30-3)23-6-12)25-15-9-27(20(28)18(11)15)13-7-24-26(8-13)10-17(21)22/h4-9,17,28H,10H2,1-3H3. The normalized spacial score (nSPS) is 11.4. The second kappa shape index (κ2) is 7.62. The number of pyridine rings is 2. The summed E-state index contributed by atoms with van der Waals surface area (Å²) in [4.78, 5) is 8.87. The highest BCUT2D eigenvalue weighted by atomic mass is 19.3. The van der Waals surface area contributed by atoms with Crippen LogP contribution in [0.5, 0.6) is 17.5 Å². The Bertz CT molecular complexity index is 1220. The number of nitrogens with zero attached hydrogens (tertiary/aromatic N) is 5. The molecule has 0 fully saturated rings. The van der Waals surface area contributed by atoms with Gasteiger partial charge in [0.05, 0.1) is 42.7 Å². The predicted molar refractivity (Wildman–Crippen MR) is 106 cm³/mol. The first kappa shape index (κ1) is 19.6. The fraction of sp³-hybridized carbons (Fsp3) is 0.250. The number of halogens is 2. The van der Waals surface area contributed by atoms with Crippen LogP contribution in [0.1, 0.15) is 5.56 Å². The van der Waals surface area contributed by atoms with Crippen LogP contribution >= 0.6 is 0 Å². The number of aryl methyl sites for hydroxylation is 1. The Kier molecular flexibility index (Phi) is 4.98. The van der Waals surface area contributed by atoms with Gasteiger partial charge in [-0.1, -0.05) is 0 Å². The molecule has 10 heteroatoms. The fourth-order valence-electron chi connectivity index (χ4n) is 3.32. The van der Waals surface area contributed by atoms with E-state index in [1.807, 2.05) is 13.0 Å². The van der Waals surface area contributed by atoms with Crippen molar-refractivity contribution in [2.75, 3.05) is 14.2 Å². The third-order valence-electron chi connectivity index (χ3n) is 4.70. The molecule has 30 heavy (non-hydrogen) atoms. The molecule has 0 aliphatic heterocycles. The molecular weight excluding hydrogens is 396 g/mol. The van der Waals surface area contributed by atoms with Crippen molar-refractivity contribution in [2.24, 2.45) is 0 Å². The van der Waals surface area contributed by atoms with Crippen molar-refractivity contribution in [3.8, 4) is 34.5 Å². The molecule has 0 saturated carbocycles. The van der Waals surface area contributed by atoms with E-state index in [-0.39, 0.29) is 5.88 Å². The van der Waals surface area contributed by atoms with Gasteiger partial charge in [-0.25, -0.2) is 18.7 Å². The molecule has 0 aromatic carbocycles. The van der Waals surface area contributed by atoms with E-state index in [9.17, 15) is 13.9 Å². The first-order valence-corrected chi connectivity index (χ1v) is 9.02. The van der Waals surface area contributed by atoms with Crippen molar-refractivity contribution in [3.05, 3.63) is 42.5 Å². The van der Waals surface area contributed by atoms with E-state index in [2.05, 4.69) is 15.1 Å². The molecule has 0 aliphatic carbocycles. The third-order valence-corrected chi connectivity index (χ3v) is 4.70. The van der Waals surface area contributed by atoms with Crippen LogP contribution in [0, 0.1) is 6.92 Å². The van der Waals surface area contributed by atoms with Gasteiger partial charge in [0, 0.05) is 24.2 Å². The summed E-state index contributed by atoms with van der Waals surface area (Å²) in [6.45, 7) is 1.33. The summed E-state index contributed by atoms with van der Waals surface area (Å²) in [6, 6.07) is 3.60. The van der Waals surface area contributed by atoms with Crippen LogP contribution in [-0.2, 0) is 6.54 Å². The largest absolute Gasteiger partial charge is 0.494 e. The van der Waals surface area contributed by atoms with Gasteiger partial charge >= 0.3 is 0 Å². The molecular formula is C20H19F2N5O3. The maximum absolute atomic E-state index is 12.6. The summed E-state index contributed by atoms with van der Waals surface area (Å²) in [5, 5.41) is 15.2. The molecule has 0 spiro atoms. The van der Waals surface area contributed by atoms with Crippen LogP contribution in [-0.4, -0.2) is 50.1 Å². The molecule has 0 saturated heterocycles. The zero-order valence-corrected chi connectivity index (χ0v) is 16.5. The van der Waals surface area contributed by atoms with Crippen molar-refractivity contribution in [2.45, 2.75) is 19.9 Å². The number of hydrogen-bond donors (Lipinski definition) is 1. The van der Waals surface area contributed by atoms with Gasteiger partial charge in [0.25, 0.3) is 12.3 Å². The van der Waals surface area contributed by atoms with E-state index >= 15 is 0 Å². The Morgan fingerprint density at radius 3 is 2.63 bits per heavy atom. The maximum atomic E-state index is 12.6. The van der Waals surface area contributed by atoms with Gasteiger partial charge in [-0.2, -0.15) is 5.10 Å². The molecule has 4 aromatic heterocycles. The summed E-state index contributed by atoms with van der Waals surface area (Å²) in [5.74, 6) is 0.800. The van der Waals surface area contributed by atoms with Crippen molar-refractivity contribution in [3.63, 3.8) is 0 Å². The molecule has 0 atom stereocenters. The zero-order chi connectivity index (χ0) is 21.4. The van der Waals surface area contributed by atoms with Gasteiger partial charge in [-0.3, -0.25) is 9.25 Å². The topological polar surface area (TPSA) is 87.2 Å². The number of hydrogen-bond acceptors (Lipinski definition) is 6. The molecule has 4 heterocycles. The highest BCUT2D eigenvalue weighted by Crippen LogP contribution is 2.35. The van der Waals surface area contributed by atoms with Crippen LogP contribution in [0.15, 0.2) is 36.9 Å². The van der Waals surface area contributed by atoms with Crippen molar-refractivity contribution >= 4 is 10.9 Å². The molecule has 0 aliphatic rings. The zero-order valence-electron chi connectivity index (χ0n) is 16.5. The van der Waals surface area contributed by atoms with Gasteiger partial charge < -0.3 is 14.6 Å². The van der Waals surface area contributed by atoms with E-state index in [1.54, 1.807) is 18.5 Å². The lowest BCUT2D eigenvalue weighted by Crippen LogP contribution is -2.06. The average molecular weight is 415 g/mol. The second-order valence-corrected chi connectivity index (χ2v) is 6.65. The molecule has 156 valence electrons. The lowest BCUT2D eigenvalue weighted by molar-refractivity contribution is 0.122. The molecule has 4 rings (SSSR count). The highest BCUT2D eigenvalue weighted by Gasteiger charge is 2.17. The lowest BCUT2D eigenvalue weighted by atomic mass is 10.1. The van der Waals surface area contributed by atoms with Crippen molar-refractivity contribution in [1.29, 1.82) is 0 Å². The molecule has 1 N–H and O–H groups in total. The monoisotopic (exact) mass is 415 g/mol. The van der Waals surface area contributed by atoms with E-state index in [4.69, 9.17) is 9.47 Å². The lowest BCUT2D eigenvalue weighted by Gasteiger charge is -2.09. The minimum absolute atomic E-state index is 0.0383. The highest BCUT2D eigenvalue weighted by molar-refractivity contribution is 5.90. The van der Waals surface area contributed by atoms with Gasteiger partial charge in [0.15, 0.2) is 5.75 Å². The van der Waals surface area contributed by atoms with Crippen LogP contribution < -0.4 is 9.47 Å². The Hall–Kier alpha value is -3.69. The van der Waals surface area contributed by atoms with Crippen LogP contribution in [0.25, 0.3) is 27.8 Å². The number of alkyl halides is 2. The summed E-state index contributed by atoms with van der Waals surface area (Å²) in [7, 11) is 3.03. The van der Waals surface area contributed by atoms with Crippen LogP contribution in [0.3, 0.4) is 0 Å².